The first kappa shape index (κ1) is 16.5. The predicted molar refractivity (Wildman–Crippen MR) is 85.5 cm³/mol. The number of carbonyl (C=O) groups is 1. The van der Waals surface area contributed by atoms with Gasteiger partial charge in [-0.1, -0.05) is 37.5 Å². The Hall–Kier alpha value is -1.88. The normalized spacial score (nSPS) is 11.5. The molecule has 0 unspecified atom stereocenters. The summed E-state index contributed by atoms with van der Waals surface area (Å²) >= 11 is 5.84. The molecule has 0 saturated heterocycles. The van der Waals surface area contributed by atoms with E-state index in [1.54, 1.807) is 12.1 Å². The predicted octanol–water partition coefficient (Wildman–Crippen LogP) is 3.48. The molecule has 1 amide bonds. The van der Waals surface area contributed by atoms with E-state index in [0.717, 1.165) is 5.56 Å². The molecule has 0 aliphatic carbocycles. The summed E-state index contributed by atoms with van der Waals surface area (Å²) in [4.78, 5) is 16.0. The lowest BCUT2D eigenvalue weighted by molar-refractivity contribution is -0.122. The van der Waals surface area contributed by atoms with Crippen LogP contribution in [-0.4, -0.2) is 22.6 Å². The van der Waals surface area contributed by atoms with E-state index < -0.39 is 0 Å². The van der Waals surface area contributed by atoms with Gasteiger partial charge in [-0.3, -0.25) is 4.79 Å². The van der Waals surface area contributed by atoms with Gasteiger partial charge >= 0.3 is 0 Å². The Morgan fingerprint density at radius 3 is 2.59 bits per heavy atom. The number of nitrogens with zero attached hydrogens (tertiary/aromatic N) is 2. The van der Waals surface area contributed by atoms with Crippen molar-refractivity contribution >= 4 is 17.5 Å². The van der Waals surface area contributed by atoms with Crippen LogP contribution in [-0.2, 0) is 11.2 Å². The van der Waals surface area contributed by atoms with Gasteiger partial charge in [0.05, 0.1) is 0 Å². The van der Waals surface area contributed by atoms with Crippen molar-refractivity contribution in [3.05, 3.63) is 35.2 Å². The van der Waals surface area contributed by atoms with Crippen LogP contribution in [0.4, 0.5) is 0 Å². The van der Waals surface area contributed by atoms with Crippen LogP contribution in [0.1, 0.15) is 33.1 Å². The molecular weight excluding hydrogens is 302 g/mol. The summed E-state index contributed by atoms with van der Waals surface area (Å²) in [6, 6.07) is 7.23. The third-order valence-corrected chi connectivity index (χ3v) is 3.17. The minimum atomic E-state index is -0.0175. The first-order valence-corrected chi connectivity index (χ1v) is 7.56. The Morgan fingerprint density at radius 2 is 1.95 bits per heavy atom. The molecule has 0 saturated carbocycles. The fourth-order valence-corrected chi connectivity index (χ4v) is 2.05. The van der Waals surface area contributed by atoms with Crippen molar-refractivity contribution in [2.24, 2.45) is 5.41 Å². The van der Waals surface area contributed by atoms with E-state index in [1.165, 1.54) is 0 Å². The highest BCUT2D eigenvalue weighted by Crippen LogP contribution is 2.19. The lowest BCUT2D eigenvalue weighted by Crippen LogP contribution is -2.29. The third-order valence-electron chi connectivity index (χ3n) is 2.92. The molecule has 118 valence electrons. The molecule has 0 bridgehead atoms. The molecule has 0 fully saturated rings. The summed E-state index contributed by atoms with van der Waals surface area (Å²) in [5.41, 5.74) is 0.826. The average Bonchev–Trinajstić information content (AvgIpc) is 2.86. The molecule has 0 radical (unpaired) electrons. The monoisotopic (exact) mass is 321 g/mol. The minimum Gasteiger partial charge on any atom is -0.356 e. The molecule has 2 aromatic rings. The fraction of sp³-hybridized carbons (Fsp3) is 0.438. The number of nitrogens with one attached hydrogen (secondary N) is 1. The van der Waals surface area contributed by atoms with Crippen LogP contribution in [0.2, 0.25) is 5.02 Å². The van der Waals surface area contributed by atoms with Crippen molar-refractivity contribution < 1.29 is 9.32 Å². The van der Waals surface area contributed by atoms with E-state index in [1.807, 2.05) is 32.9 Å². The molecule has 1 heterocycles. The Kier molecular flexibility index (Phi) is 5.19. The number of hydrogen-bond donors (Lipinski definition) is 1. The van der Waals surface area contributed by atoms with Gasteiger partial charge in [-0.05, 0) is 29.7 Å². The van der Waals surface area contributed by atoms with Crippen LogP contribution in [0.25, 0.3) is 11.4 Å². The van der Waals surface area contributed by atoms with Crippen molar-refractivity contribution in [3.63, 3.8) is 0 Å². The van der Waals surface area contributed by atoms with E-state index in [0.29, 0.717) is 36.1 Å². The number of hydrogen-bond acceptors (Lipinski definition) is 4. The summed E-state index contributed by atoms with van der Waals surface area (Å²) in [5, 5.41) is 7.45. The van der Waals surface area contributed by atoms with Crippen LogP contribution in [0, 0.1) is 5.41 Å². The van der Waals surface area contributed by atoms with E-state index >= 15 is 0 Å². The Labute approximate surface area is 135 Å². The van der Waals surface area contributed by atoms with Gasteiger partial charge in [-0.15, -0.1) is 0 Å². The zero-order valence-corrected chi connectivity index (χ0v) is 13.8. The molecule has 22 heavy (non-hydrogen) atoms. The number of aromatic nitrogens is 2. The van der Waals surface area contributed by atoms with E-state index in [9.17, 15) is 4.79 Å². The fourth-order valence-electron chi connectivity index (χ4n) is 1.93. The van der Waals surface area contributed by atoms with Gasteiger partial charge in [-0.2, -0.15) is 4.98 Å². The summed E-state index contributed by atoms with van der Waals surface area (Å²) in [7, 11) is 0. The summed E-state index contributed by atoms with van der Waals surface area (Å²) in [6.45, 7) is 6.58. The highest BCUT2D eigenvalue weighted by Gasteiger charge is 2.16. The number of rotatable bonds is 5. The van der Waals surface area contributed by atoms with Crippen LogP contribution >= 0.6 is 11.6 Å². The van der Waals surface area contributed by atoms with E-state index in [2.05, 4.69) is 15.5 Å². The molecule has 0 atom stereocenters. The van der Waals surface area contributed by atoms with Crippen LogP contribution in [0.15, 0.2) is 28.8 Å². The molecule has 1 N–H and O–H groups in total. The second-order valence-corrected chi connectivity index (χ2v) is 6.79. The Balaban J connectivity index is 1.85. The highest BCUT2D eigenvalue weighted by atomic mass is 35.5. The maximum atomic E-state index is 11.7. The Morgan fingerprint density at radius 1 is 1.27 bits per heavy atom. The molecule has 1 aromatic carbocycles. The van der Waals surface area contributed by atoms with Crippen molar-refractivity contribution in [1.82, 2.24) is 15.5 Å². The van der Waals surface area contributed by atoms with Gasteiger partial charge in [0.1, 0.15) is 0 Å². The molecule has 0 aliphatic rings. The number of amides is 1. The Bertz CT molecular complexity index is 630. The van der Waals surface area contributed by atoms with Crippen molar-refractivity contribution in [3.8, 4) is 11.4 Å². The molecule has 2 rings (SSSR count). The van der Waals surface area contributed by atoms with E-state index in [-0.39, 0.29) is 11.3 Å². The second kappa shape index (κ2) is 6.92. The van der Waals surface area contributed by atoms with Gasteiger partial charge in [0, 0.05) is 30.0 Å². The van der Waals surface area contributed by atoms with Gasteiger partial charge in [0.15, 0.2) is 0 Å². The van der Waals surface area contributed by atoms with Crippen molar-refractivity contribution in [1.29, 1.82) is 0 Å². The smallest absolute Gasteiger partial charge is 0.228 e. The molecular formula is C16H20ClN3O2. The molecule has 0 aliphatic heterocycles. The van der Waals surface area contributed by atoms with Crippen molar-refractivity contribution in [2.45, 2.75) is 33.6 Å². The van der Waals surface area contributed by atoms with Gasteiger partial charge < -0.3 is 9.84 Å². The minimum absolute atomic E-state index is 0.0175. The van der Waals surface area contributed by atoms with Crippen molar-refractivity contribution in [2.75, 3.05) is 6.54 Å². The van der Waals surface area contributed by atoms with Crippen LogP contribution in [0.5, 0.6) is 0 Å². The summed E-state index contributed by atoms with van der Waals surface area (Å²) in [5.74, 6) is 1.05. The SMILES string of the molecule is CC(C)(C)CC(=O)NCCc1nc(-c2ccc(Cl)cc2)no1. The summed E-state index contributed by atoms with van der Waals surface area (Å²) < 4.78 is 5.19. The summed E-state index contributed by atoms with van der Waals surface area (Å²) in [6.07, 6.45) is 1.00. The lowest BCUT2D eigenvalue weighted by atomic mass is 9.92. The zero-order chi connectivity index (χ0) is 16.2. The maximum absolute atomic E-state index is 11.7. The average molecular weight is 322 g/mol. The quantitative estimate of drug-likeness (QED) is 0.915. The molecule has 1 aromatic heterocycles. The highest BCUT2D eigenvalue weighted by molar-refractivity contribution is 6.30. The standard InChI is InChI=1S/C16H20ClN3O2/c1-16(2,3)10-13(21)18-9-8-14-19-15(20-22-14)11-4-6-12(17)7-5-11/h4-7H,8-10H2,1-3H3,(H,18,21). The first-order valence-electron chi connectivity index (χ1n) is 7.19. The zero-order valence-electron chi connectivity index (χ0n) is 13.0. The number of benzene rings is 1. The number of halogens is 1. The topological polar surface area (TPSA) is 68.0 Å². The van der Waals surface area contributed by atoms with Crippen LogP contribution in [0.3, 0.4) is 0 Å². The van der Waals surface area contributed by atoms with Gasteiger partial charge in [-0.25, -0.2) is 0 Å². The third kappa shape index (κ3) is 5.15. The van der Waals surface area contributed by atoms with E-state index in [4.69, 9.17) is 16.1 Å². The first-order chi connectivity index (χ1) is 10.3. The largest absolute Gasteiger partial charge is 0.356 e. The lowest BCUT2D eigenvalue weighted by Gasteiger charge is -2.16. The van der Waals surface area contributed by atoms with Gasteiger partial charge in [0.25, 0.3) is 0 Å². The molecule has 0 spiro atoms. The molecule has 6 heteroatoms. The maximum Gasteiger partial charge on any atom is 0.228 e. The second-order valence-electron chi connectivity index (χ2n) is 6.36. The number of carbonyl (C=O) groups excluding carboxylic acids is 1. The van der Waals surface area contributed by atoms with Gasteiger partial charge in [0.2, 0.25) is 17.6 Å². The van der Waals surface area contributed by atoms with Crippen LogP contribution < -0.4 is 5.32 Å². The molecule has 5 nitrogen and oxygen atoms in total.